The molecule has 0 saturated heterocycles. The Morgan fingerprint density at radius 1 is 1.29 bits per heavy atom. The minimum Gasteiger partial charge on any atom is -0.486 e. The van der Waals surface area contributed by atoms with E-state index in [0.717, 1.165) is 29.9 Å². The van der Waals surface area contributed by atoms with Crippen molar-refractivity contribution in [2.24, 2.45) is 0 Å². The molecule has 0 aromatic heterocycles. The molecule has 0 spiro atoms. The third-order valence-electron chi connectivity index (χ3n) is 2.68. The molecule has 4 nitrogen and oxygen atoms in total. The first kappa shape index (κ1) is 11.8. The smallest absolute Gasteiger partial charge is 0.305 e. The molecule has 4 heteroatoms. The Labute approximate surface area is 100 Å². The Balaban J connectivity index is 1.91. The molecular formula is C13H16O4. The van der Waals surface area contributed by atoms with Gasteiger partial charge in [0.1, 0.15) is 13.2 Å². The van der Waals surface area contributed by atoms with Crippen LogP contribution in [0.2, 0.25) is 0 Å². The molecule has 1 heterocycles. The third-order valence-corrected chi connectivity index (χ3v) is 2.68. The van der Waals surface area contributed by atoms with Gasteiger partial charge in [-0.25, -0.2) is 0 Å². The lowest BCUT2D eigenvalue weighted by atomic mass is 10.1. The highest BCUT2D eigenvalue weighted by Gasteiger charge is 2.11. The molecule has 0 amide bonds. The van der Waals surface area contributed by atoms with Gasteiger partial charge in [0, 0.05) is 6.42 Å². The molecule has 1 aliphatic heterocycles. The molecule has 92 valence electrons. The third kappa shape index (κ3) is 3.12. The second-order valence-corrected chi connectivity index (χ2v) is 3.91. The molecule has 0 bridgehead atoms. The van der Waals surface area contributed by atoms with Gasteiger partial charge in [0.25, 0.3) is 0 Å². The highest BCUT2D eigenvalue weighted by atomic mass is 16.6. The normalized spacial score (nSPS) is 13.2. The number of carbonyl (C=O) groups excluding carboxylic acids is 1. The molecule has 1 aromatic carbocycles. The van der Waals surface area contributed by atoms with Crippen LogP contribution in [-0.2, 0) is 16.0 Å². The Morgan fingerprint density at radius 2 is 2.06 bits per heavy atom. The maximum Gasteiger partial charge on any atom is 0.305 e. The maximum absolute atomic E-state index is 11.0. The van der Waals surface area contributed by atoms with Crippen molar-refractivity contribution in [3.8, 4) is 11.5 Å². The molecule has 0 aliphatic carbocycles. The predicted molar refractivity (Wildman–Crippen MR) is 62.4 cm³/mol. The molecule has 2 rings (SSSR count). The van der Waals surface area contributed by atoms with Crippen molar-refractivity contribution in [1.82, 2.24) is 0 Å². The summed E-state index contributed by atoms with van der Waals surface area (Å²) in [4.78, 5) is 11.0. The lowest BCUT2D eigenvalue weighted by Crippen LogP contribution is -2.15. The van der Waals surface area contributed by atoms with E-state index in [1.807, 2.05) is 18.2 Å². The minimum atomic E-state index is -0.164. The zero-order chi connectivity index (χ0) is 12.1. The van der Waals surface area contributed by atoms with Crippen molar-refractivity contribution in [2.45, 2.75) is 19.3 Å². The van der Waals surface area contributed by atoms with E-state index >= 15 is 0 Å². The van der Waals surface area contributed by atoms with Gasteiger partial charge < -0.3 is 14.2 Å². The number of ether oxygens (including phenoxy) is 3. The summed E-state index contributed by atoms with van der Waals surface area (Å²) in [6.45, 7) is 1.20. The molecule has 17 heavy (non-hydrogen) atoms. The van der Waals surface area contributed by atoms with Crippen LogP contribution in [-0.4, -0.2) is 26.3 Å². The summed E-state index contributed by atoms with van der Waals surface area (Å²) in [5.41, 5.74) is 1.15. The second kappa shape index (κ2) is 5.57. The van der Waals surface area contributed by atoms with Crippen molar-refractivity contribution in [3.63, 3.8) is 0 Å². The zero-order valence-corrected chi connectivity index (χ0v) is 9.90. The number of benzene rings is 1. The van der Waals surface area contributed by atoms with Gasteiger partial charge in [-0.05, 0) is 30.5 Å². The number of hydrogen-bond donors (Lipinski definition) is 0. The number of hydrogen-bond acceptors (Lipinski definition) is 4. The Hall–Kier alpha value is -1.71. The van der Waals surface area contributed by atoms with Crippen LogP contribution < -0.4 is 9.47 Å². The zero-order valence-electron chi connectivity index (χ0n) is 9.90. The van der Waals surface area contributed by atoms with Crippen molar-refractivity contribution < 1.29 is 19.0 Å². The second-order valence-electron chi connectivity index (χ2n) is 3.91. The van der Waals surface area contributed by atoms with Crippen LogP contribution >= 0.6 is 0 Å². The average molecular weight is 236 g/mol. The quantitative estimate of drug-likeness (QED) is 0.749. The van der Waals surface area contributed by atoms with Crippen molar-refractivity contribution in [1.29, 1.82) is 0 Å². The maximum atomic E-state index is 11.0. The average Bonchev–Trinajstić information content (AvgIpc) is 2.38. The first-order chi connectivity index (χ1) is 8.29. The van der Waals surface area contributed by atoms with E-state index in [-0.39, 0.29) is 5.97 Å². The van der Waals surface area contributed by atoms with Gasteiger partial charge in [0.05, 0.1) is 7.11 Å². The van der Waals surface area contributed by atoms with Crippen LogP contribution in [0.15, 0.2) is 18.2 Å². The van der Waals surface area contributed by atoms with Gasteiger partial charge in [-0.2, -0.15) is 0 Å². The summed E-state index contributed by atoms with van der Waals surface area (Å²) in [6.07, 6.45) is 2.07. The molecule has 0 saturated carbocycles. The summed E-state index contributed by atoms with van der Waals surface area (Å²) in [5.74, 6) is 1.43. The van der Waals surface area contributed by atoms with Crippen molar-refractivity contribution in [2.75, 3.05) is 20.3 Å². The summed E-state index contributed by atoms with van der Waals surface area (Å²) in [7, 11) is 1.41. The fourth-order valence-electron chi connectivity index (χ4n) is 1.78. The van der Waals surface area contributed by atoms with Crippen LogP contribution in [0.25, 0.3) is 0 Å². The summed E-state index contributed by atoms with van der Waals surface area (Å²) >= 11 is 0. The highest BCUT2D eigenvalue weighted by molar-refractivity contribution is 5.69. The van der Waals surface area contributed by atoms with E-state index in [2.05, 4.69) is 4.74 Å². The number of rotatable bonds is 4. The predicted octanol–water partition coefficient (Wildman–Crippen LogP) is 1.95. The molecule has 0 radical (unpaired) electrons. The van der Waals surface area contributed by atoms with Crippen LogP contribution in [0, 0.1) is 0 Å². The molecule has 0 atom stereocenters. The van der Waals surface area contributed by atoms with E-state index < -0.39 is 0 Å². The SMILES string of the molecule is COC(=O)CCCc1ccc2c(c1)OCCO2. The number of carbonyl (C=O) groups is 1. The standard InChI is InChI=1S/C13H16O4/c1-15-13(14)4-2-3-10-5-6-11-12(9-10)17-8-7-16-11/h5-6,9H,2-4,7-8H2,1H3. The number of esters is 1. The topological polar surface area (TPSA) is 44.8 Å². The van der Waals surface area contributed by atoms with Crippen LogP contribution in [0.1, 0.15) is 18.4 Å². The number of methoxy groups -OCH3 is 1. The summed E-state index contributed by atoms with van der Waals surface area (Å²) < 4.78 is 15.5. The van der Waals surface area contributed by atoms with E-state index in [1.54, 1.807) is 0 Å². The first-order valence-corrected chi connectivity index (χ1v) is 5.75. The van der Waals surface area contributed by atoms with Gasteiger partial charge in [0.2, 0.25) is 0 Å². The van der Waals surface area contributed by atoms with Crippen LogP contribution in [0.3, 0.4) is 0 Å². The fourth-order valence-corrected chi connectivity index (χ4v) is 1.78. The molecule has 1 aromatic rings. The van der Waals surface area contributed by atoms with E-state index in [0.29, 0.717) is 19.6 Å². The van der Waals surface area contributed by atoms with Gasteiger partial charge in [0.15, 0.2) is 11.5 Å². The van der Waals surface area contributed by atoms with E-state index in [9.17, 15) is 4.79 Å². The monoisotopic (exact) mass is 236 g/mol. The molecule has 0 N–H and O–H groups in total. The molecule has 0 unspecified atom stereocenters. The summed E-state index contributed by atoms with van der Waals surface area (Å²) in [6, 6.07) is 5.90. The van der Waals surface area contributed by atoms with E-state index in [1.165, 1.54) is 7.11 Å². The largest absolute Gasteiger partial charge is 0.486 e. The fraction of sp³-hybridized carbons (Fsp3) is 0.462. The first-order valence-electron chi connectivity index (χ1n) is 5.75. The molecular weight excluding hydrogens is 220 g/mol. The van der Waals surface area contributed by atoms with Gasteiger partial charge in [-0.1, -0.05) is 6.07 Å². The number of fused-ring (bicyclic) bond motifs is 1. The Kier molecular flexibility index (Phi) is 3.85. The van der Waals surface area contributed by atoms with Crippen molar-refractivity contribution >= 4 is 5.97 Å². The summed E-state index contributed by atoms with van der Waals surface area (Å²) in [5, 5.41) is 0. The Bertz CT molecular complexity index is 400. The van der Waals surface area contributed by atoms with Crippen LogP contribution in [0.4, 0.5) is 0 Å². The van der Waals surface area contributed by atoms with E-state index in [4.69, 9.17) is 9.47 Å². The van der Waals surface area contributed by atoms with Gasteiger partial charge in [-0.3, -0.25) is 4.79 Å². The number of aryl methyl sites for hydroxylation is 1. The lowest BCUT2D eigenvalue weighted by molar-refractivity contribution is -0.140. The molecule has 1 aliphatic rings. The van der Waals surface area contributed by atoms with Gasteiger partial charge in [-0.15, -0.1) is 0 Å². The highest BCUT2D eigenvalue weighted by Crippen LogP contribution is 2.31. The Morgan fingerprint density at radius 3 is 2.82 bits per heavy atom. The van der Waals surface area contributed by atoms with Crippen LogP contribution in [0.5, 0.6) is 11.5 Å². The minimum absolute atomic E-state index is 0.164. The van der Waals surface area contributed by atoms with Gasteiger partial charge >= 0.3 is 5.97 Å². The lowest BCUT2D eigenvalue weighted by Gasteiger charge is -2.18. The van der Waals surface area contributed by atoms with Crippen molar-refractivity contribution in [3.05, 3.63) is 23.8 Å². The molecule has 0 fully saturated rings.